The Balaban J connectivity index is 0.877. The number of nitrogens with one attached hydrogen (secondary N) is 2. The van der Waals surface area contributed by atoms with Gasteiger partial charge in [-0.05, 0) is 87.0 Å². The van der Waals surface area contributed by atoms with Crippen molar-refractivity contribution in [1.82, 2.24) is 25.5 Å². The molecule has 4 amide bonds. The fourth-order valence-corrected chi connectivity index (χ4v) is 9.47. The summed E-state index contributed by atoms with van der Waals surface area (Å²) in [6, 6.07) is 11.0. The predicted octanol–water partition coefficient (Wildman–Crippen LogP) is 7.04. The smallest absolute Gasteiger partial charge is 0.420 e. The van der Waals surface area contributed by atoms with Crippen LogP contribution >= 0.6 is 23.6 Å². The van der Waals surface area contributed by atoms with Crippen LogP contribution in [0.2, 0.25) is 0 Å². The monoisotopic (exact) mass is 1020 g/mol. The average molecular weight is 1030 g/mol. The van der Waals surface area contributed by atoms with Gasteiger partial charge in [0.25, 0.3) is 5.91 Å². The van der Waals surface area contributed by atoms with Crippen LogP contribution in [0.4, 0.5) is 28.9 Å². The molecule has 0 unspecified atom stereocenters. The van der Waals surface area contributed by atoms with E-state index < -0.39 is 63.7 Å². The Morgan fingerprint density at radius 1 is 0.972 bits per heavy atom. The van der Waals surface area contributed by atoms with Gasteiger partial charge >= 0.3 is 6.18 Å². The summed E-state index contributed by atoms with van der Waals surface area (Å²) >= 11 is 7.11. The SMILES string of the molecule is Cc1cc(OCCOCCOCCOCC(=O)N[C@H](C(=O)N2CCC[C@H]2C(=O)NCc2ccc(-c3scnc3C)cc2)C(C)(C)C)ncc1N1C(=S)N(c2ccc(C#N)c(C(F)(F)F)c2F)C(=O)C1(C)C. The number of halogens is 4. The fourth-order valence-electron chi connectivity index (χ4n) is 8.15. The lowest BCUT2D eigenvalue weighted by Crippen LogP contribution is -2.58. The topological polar surface area (TPSA) is 189 Å². The molecule has 2 N–H and O–H groups in total. The van der Waals surface area contributed by atoms with Crippen LogP contribution in [0.25, 0.3) is 10.4 Å². The Hall–Kier alpha value is -6.12. The van der Waals surface area contributed by atoms with Crippen LogP contribution < -0.4 is 25.2 Å². The number of aryl methyl sites for hydroxylation is 2. The third-order valence-corrected chi connectivity index (χ3v) is 13.2. The van der Waals surface area contributed by atoms with Crippen LogP contribution in [0.3, 0.4) is 0 Å². The van der Waals surface area contributed by atoms with E-state index in [4.69, 9.17) is 31.2 Å². The second-order valence-corrected chi connectivity index (χ2v) is 19.6. The molecule has 0 spiro atoms. The molecule has 2 saturated heterocycles. The molecule has 2 aromatic heterocycles. The van der Waals surface area contributed by atoms with E-state index in [1.54, 1.807) is 29.2 Å². The predicted molar refractivity (Wildman–Crippen MR) is 260 cm³/mol. The second-order valence-electron chi connectivity index (χ2n) is 18.4. The van der Waals surface area contributed by atoms with Gasteiger partial charge in [-0.2, -0.15) is 18.4 Å². The van der Waals surface area contributed by atoms with Gasteiger partial charge in [-0.1, -0.05) is 45.0 Å². The summed E-state index contributed by atoms with van der Waals surface area (Å²) in [6.07, 6.45) is -2.64. The van der Waals surface area contributed by atoms with E-state index in [1.807, 2.05) is 57.5 Å². The number of pyridine rings is 1. The molecule has 0 aliphatic carbocycles. The third kappa shape index (κ3) is 12.7. The largest absolute Gasteiger partial charge is 0.475 e. The van der Waals surface area contributed by atoms with Gasteiger partial charge < -0.3 is 39.4 Å². The van der Waals surface area contributed by atoms with E-state index in [-0.39, 0.29) is 69.1 Å². The van der Waals surface area contributed by atoms with Crippen molar-refractivity contribution in [2.75, 3.05) is 62.6 Å². The molecule has 2 atom stereocenters. The molecule has 4 heterocycles. The lowest BCUT2D eigenvalue weighted by atomic mass is 9.85. The maximum Gasteiger partial charge on any atom is 0.420 e. The van der Waals surface area contributed by atoms with Gasteiger partial charge in [-0.3, -0.25) is 24.1 Å². The molecule has 2 fully saturated rings. The first-order chi connectivity index (χ1) is 33.6. The first kappa shape index (κ1) is 54.2. The van der Waals surface area contributed by atoms with Crippen molar-refractivity contribution in [2.45, 2.75) is 91.7 Å². The van der Waals surface area contributed by atoms with E-state index in [0.717, 1.165) is 33.8 Å². The van der Waals surface area contributed by atoms with Crippen LogP contribution in [0.1, 0.15) is 75.4 Å². The first-order valence-electron chi connectivity index (χ1n) is 22.7. The molecule has 2 aliphatic heterocycles. The molecular weight excluding hydrogens is 969 g/mol. The minimum atomic E-state index is -5.20. The number of carbonyl (C=O) groups is 4. The molecule has 71 heavy (non-hydrogen) atoms. The number of ether oxygens (including phenoxy) is 4. The number of nitriles is 1. The van der Waals surface area contributed by atoms with Gasteiger partial charge in [0.2, 0.25) is 23.6 Å². The number of likely N-dealkylation sites (tertiary alicyclic amines) is 1. The number of hydrogen-bond acceptors (Lipinski definition) is 13. The van der Waals surface area contributed by atoms with Crippen molar-refractivity contribution in [3.8, 4) is 22.4 Å². The highest BCUT2D eigenvalue weighted by Gasteiger charge is 2.52. The molecular formula is C49H56F4N8O8S2. The molecule has 0 radical (unpaired) electrons. The number of alkyl halides is 3. The quantitative estimate of drug-likeness (QED) is 0.0522. The van der Waals surface area contributed by atoms with Crippen molar-refractivity contribution in [3.63, 3.8) is 0 Å². The van der Waals surface area contributed by atoms with Crippen molar-refractivity contribution >= 4 is 63.7 Å². The molecule has 0 saturated carbocycles. The number of amides is 4. The molecule has 2 aliphatic rings. The number of anilines is 2. The van der Waals surface area contributed by atoms with Crippen LogP contribution in [0.15, 0.2) is 54.2 Å². The van der Waals surface area contributed by atoms with Crippen LogP contribution in [-0.2, 0) is 46.1 Å². The first-order valence-corrected chi connectivity index (χ1v) is 24.0. The van der Waals surface area contributed by atoms with Gasteiger partial charge in [0.1, 0.15) is 36.4 Å². The summed E-state index contributed by atoms with van der Waals surface area (Å²) in [7, 11) is 0. The van der Waals surface area contributed by atoms with E-state index in [9.17, 15) is 37.6 Å². The highest BCUT2D eigenvalue weighted by molar-refractivity contribution is 7.81. The maximum absolute atomic E-state index is 15.4. The van der Waals surface area contributed by atoms with Gasteiger partial charge in [-0.15, -0.1) is 11.3 Å². The number of thiazole rings is 1. The zero-order chi connectivity index (χ0) is 51.8. The highest BCUT2D eigenvalue weighted by atomic mass is 32.1. The third-order valence-electron chi connectivity index (χ3n) is 11.9. The van der Waals surface area contributed by atoms with E-state index in [1.165, 1.54) is 31.0 Å². The number of carbonyl (C=O) groups excluding carboxylic acids is 4. The lowest BCUT2D eigenvalue weighted by Gasteiger charge is -2.35. The second kappa shape index (κ2) is 23.0. The van der Waals surface area contributed by atoms with Gasteiger partial charge in [-0.25, -0.2) is 14.4 Å². The number of rotatable bonds is 20. The molecule has 4 aromatic rings. The summed E-state index contributed by atoms with van der Waals surface area (Å²) in [6.45, 7) is 13.6. The van der Waals surface area contributed by atoms with E-state index in [2.05, 4.69) is 20.6 Å². The minimum Gasteiger partial charge on any atom is -0.475 e. The summed E-state index contributed by atoms with van der Waals surface area (Å²) in [5, 5.41) is 14.7. The van der Waals surface area contributed by atoms with E-state index >= 15 is 4.39 Å². The zero-order valence-electron chi connectivity index (χ0n) is 40.4. The summed E-state index contributed by atoms with van der Waals surface area (Å²) in [4.78, 5) is 67.2. The van der Waals surface area contributed by atoms with Crippen LogP contribution in [0, 0.1) is 36.4 Å². The van der Waals surface area contributed by atoms with Gasteiger partial charge in [0.05, 0.1) is 78.3 Å². The van der Waals surface area contributed by atoms with Crippen molar-refractivity contribution < 1.29 is 55.7 Å². The molecule has 0 bridgehead atoms. The number of hydrogen-bond donors (Lipinski definition) is 2. The van der Waals surface area contributed by atoms with Gasteiger partial charge in [0.15, 0.2) is 10.9 Å². The van der Waals surface area contributed by atoms with Crippen LogP contribution in [0.5, 0.6) is 5.88 Å². The lowest BCUT2D eigenvalue weighted by molar-refractivity contribution is -0.144. The maximum atomic E-state index is 15.4. The Morgan fingerprint density at radius 2 is 1.63 bits per heavy atom. The molecule has 16 nitrogen and oxygen atoms in total. The Labute approximate surface area is 418 Å². The van der Waals surface area contributed by atoms with Gasteiger partial charge in [0, 0.05) is 19.2 Å². The van der Waals surface area contributed by atoms with E-state index in [0.29, 0.717) is 42.1 Å². The molecule has 22 heteroatoms. The fraction of sp³-hybridized carbons (Fsp3) is 0.469. The normalized spacial score (nSPS) is 16.3. The average Bonchev–Trinajstić information content (AvgIpc) is 4.02. The Morgan fingerprint density at radius 3 is 2.24 bits per heavy atom. The number of thiocarbonyl (C=S) groups is 1. The molecule has 6 rings (SSSR count). The minimum absolute atomic E-state index is 0.102. The Bertz CT molecular complexity index is 2650. The standard InChI is InChI=1S/C49H56F4N8O8S2/c1-29-23-38(55-26-36(29)61-46(70)60(45(65)48(61,6)7)34-15-14-33(24-54)39(40(34)50)49(51,52)53)69-22-21-67-18-17-66-19-20-68-27-37(62)58-42(47(3,4)5)44(64)59-16-8-9-35(59)43(63)56-25-31-10-12-32(13-11-31)41-30(2)57-28-71-41/h10-15,23,26,28,35,42H,8-9,16-22,25,27H2,1-7H3,(H,56,63)(H,58,62)/t35-,42+/m0/s1. The van der Waals surface area contributed by atoms with Crippen LogP contribution in [-0.4, -0.2) is 114 Å². The van der Waals surface area contributed by atoms with Crippen molar-refractivity contribution in [2.24, 2.45) is 5.41 Å². The summed E-state index contributed by atoms with van der Waals surface area (Å²) in [5.41, 5.74) is 0.0626. The van der Waals surface area contributed by atoms with Crippen molar-refractivity contribution in [3.05, 3.63) is 87.9 Å². The number of benzene rings is 2. The summed E-state index contributed by atoms with van der Waals surface area (Å²) < 4.78 is 79.1. The van der Waals surface area contributed by atoms with Crippen molar-refractivity contribution in [1.29, 1.82) is 5.26 Å². The zero-order valence-corrected chi connectivity index (χ0v) is 42.0. The molecule has 2 aromatic carbocycles. The Kier molecular flexibility index (Phi) is 17.5. The molecule has 380 valence electrons. The number of nitrogens with zero attached hydrogens (tertiary/aromatic N) is 6. The highest BCUT2D eigenvalue weighted by Crippen LogP contribution is 2.43. The number of aromatic nitrogens is 2. The summed E-state index contributed by atoms with van der Waals surface area (Å²) in [5.74, 6) is -3.43.